The highest BCUT2D eigenvalue weighted by Gasteiger charge is 2.30. The van der Waals surface area contributed by atoms with Gasteiger partial charge in [-0.1, -0.05) is 0 Å². The van der Waals surface area contributed by atoms with Crippen LogP contribution in [0.5, 0.6) is 5.75 Å². The third kappa shape index (κ3) is 5.01. The van der Waals surface area contributed by atoms with E-state index in [4.69, 9.17) is 14.6 Å². The number of β-amino-alcohol motifs (C(OH)–C–C–N with tert-alkyl or cyclic N) is 1. The number of methoxy groups -OCH3 is 1. The van der Waals surface area contributed by atoms with Crippen LogP contribution in [-0.4, -0.2) is 59.9 Å². The predicted octanol–water partition coefficient (Wildman–Crippen LogP) is 1.78. The van der Waals surface area contributed by atoms with Gasteiger partial charge in [0.2, 0.25) is 5.78 Å². The zero-order valence-electron chi connectivity index (χ0n) is 17.5. The molecule has 2 N–H and O–H groups in total. The highest BCUT2D eigenvalue weighted by Crippen LogP contribution is 2.19. The van der Waals surface area contributed by atoms with Gasteiger partial charge in [-0.15, -0.1) is 0 Å². The Hall–Kier alpha value is -3.98. The van der Waals surface area contributed by atoms with Crippen LogP contribution in [0.25, 0.3) is 0 Å². The molecule has 1 unspecified atom stereocenters. The molecule has 1 aliphatic rings. The molecule has 0 aromatic heterocycles. The molecular weight excluding hydrogens is 416 g/mol. The summed E-state index contributed by atoms with van der Waals surface area (Å²) in [5.41, 5.74) is 1.15. The number of rotatable bonds is 9. The molecule has 0 spiro atoms. The lowest BCUT2D eigenvalue weighted by Gasteiger charge is -2.14. The number of carbonyl (C=O) groups is 4. The van der Waals surface area contributed by atoms with Crippen LogP contribution in [0.4, 0.5) is 5.69 Å². The second-order valence-electron chi connectivity index (χ2n) is 6.92. The fraction of sp³-hybridized carbons (Fsp3) is 0.217. The standard InChI is InChI=1S/C23H22N2O7/c1-14(21(28)15-5-9-18(31-2)10-6-15)32-23(30)16-3-7-17(8-4-16)24-19-13-20(27)25(11-12-26)22(19)29/h3-10,13-14,24,26H,11-12H2,1-2H3. The average Bonchev–Trinajstić information content (AvgIpc) is 3.06. The van der Waals surface area contributed by atoms with Gasteiger partial charge < -0.3 is 19.9 Å². The number of ether oxygens (including phenoxy) is 2. The number of aliphatic hydroxyl groups is 1. The van der Waals surface area contributed by atoms with Crippen molar-refractivity contribution in [3.05, 3.63) is 71.4 Å². The first-order valence-corrected chi connectivity index (χ1v) is 9.78. The maximum atomic E-state index is 12.5. The van der Waals surface area contributed by atoms with Crippen LogP contribution in [-0.2, 0) is 14.3 Å². The molecule has 0 bridgehead atoms. The summed E-state index contributed by atoms with van der Waals surface area (Å²) in [5, 5.41) is 11.8. The molecule has 2 amide bonds. The van der Waals surface area contributed by atoms with Crippen molar-refractivity contribution in [1.29, 1.82) is 0 Å². The predicted molar refractivity (Wildman–Crippen MR) is 114 cm³/mol. The minimum atomic E-state index is -0.988. The Balaban J connectivity index is 1.60. The van der Waals surface area contributed by atoms with Gasteiger partial charge >= 0.3 is 5.97 Å². The van der Waals surface area contributed by atoms with E-state index in [1.54, 1.807) is 36.4 Å². The van der Waals surface area contributed by atoms with E-state index in [1.165, 1.54) is 26.2 Å². The van der Waals surface area contributed by atoms with Crippen LogP contribution >= 0.6 is 0 Å². The summed E-state index contributed by atoms with van der Waals surface area (Å²) in [6.07, 6.45) is 0.158. The monoisotopic (exact) mass is 438 g/mol. The number of aliphatic hydroxyl groups excluding tert-OH is 1. The summed E-state index contributed by atoms with van der Waals surface area (Å²) in [5.74, 6) is -1.46. The summed E-state index contributed by atoms with van der Waals surface area (Å²) in [7, 11) is 1.52. The van der Waals surface area contributed by atoms with Gasteiger partial charge in [-0.25, -0.2) is 4.79 Å². The van der Waals surface area contributed by atoms with Gasteiger partial charge in [0.15, 0.2) is 6.10 Å². The molecule has 0 radical (unpaired) electrons. The third-order valence-corrected chi connectivity index (χ3v) is 4.76. The fourth-order valence-electron chi connectivity index (χ4n) is 3.03. The van der Waals surface area contributed by atoms with Gasteiger partial charge in [0.05, 0.1) is 25.8 Å². The minimum Gasteiger partial charge on any atom is -0.497 e. The van der Waals surface area contributed by atoms with Crippen LogP contribution in [0.1, 0.15) is 27.6 Å². The Morgan fingerprint density at radius 3 is 2.25 bits per heavy atom. The molecular formula is C23H22N2O7. The lowest BCUT2D eigenvalue weighted by atomic mass is 10.1. The van der Waals surface area contributed by atoms with E-state index in [0.717, 1.165) is 11.0 Å². The molecule has 0 aliphatic carbocycles. The molecule has 9 heteroatoms. The Labute approximate surface area is 184 Å². The first-order chi connectivity index (χ1) is 15.3. The van der Waals surface area contributed by atoms with Gasteiger partial charge in [0.1, 0.15) is 11.4 Å². The zero-order valence-corrected chi connectivity index (χ0v) is 17.5. The highest BCUT2D eigenvalue weighted by atomic mass is 16.5. The summed E-state index contributed by atoms with van der Waals surface area (Å²) >= 11 is 0. The van der Waals surface area contributed by atoms with Crippen molar-refractivity contribution < 1.29 is 33.8 Å². The van der Waals surface area contributed by atoms with Crippen LogP contribution in [0.15, 0.2) is 60.3 Å². The molecule has 2 aromatic rings. The number of Topliss-reactive ketones (excluding diaryl/α,β-unsaturated/α-hetero) is 1. The summed E-state index contributed by atoms with van der Waals surface area (Å²) < 4.78 is 10.3. The second-order valence-corrected chi connectivity index (χ2v) is 6.92. The number of esters is 1. The van der Waals surface area contributed by atoms with Crippen LogP contribution in [0.3, 0.4) is 0 Å². The molecule has 1 atom stereocenters. The van der Waals surface area contributed by atoms with E-state index >= 15 is 0 Å². The number of nitrogens with one attached hydrogen (secondary N) is 1. The highest BCUT2D eigenvalue weighted by molar-refractivity contribution is 6.17. The van der Waals surface area contributed by atoms with E-state index in [2.05, 4.69) is 5.32 Å². The number of nitrogens with zero attached hydrogens (tertiary/aromatic N) is 1. The van der Waals surface area contributed by atoms with Crippen molar-refractivity contribution in [3.8, 4) is 5.75 Å². The van der Waals surface area contributed by atoms with Gasteiger partial charge in [0.25, 0.3) is 11.8 Å². The van der Waals surface area contributed by atoms with E-state index in [0.29, 0.717) is 17.0 Å². The van der Waals surface area contributed by atoms with Crippen molar-refractivity contribution in [2.45, 2.75) is 13.0 Å². The van der Waals surface area contributed by atoms with Gasteiger partial charge in [-0.3, -0.25) is 19.3 Å². The minimum absolute atomic E-state index is 0.0671. The largest absolute Gasteiger partial charge is 0.497 e. The molecule has 1 aliphatic heterocycles. The molecule has 1 heterocycles. The van der Waals surface area contributed by atoms with Crippen molar-refractivity contribution in [1.82, 2.24) is 4.90 Å². The van der Waals surface area contributed by atoms with Gasteiger partial charge in [0, 0.05) is 17.3 Å². The lowest BCUT2D eigenvalue weighted by Crippen LogP contribution is -2.34. The summed E-state index contributed by atoms with van der Waals surface area (Å²) in [6.45, 7) is 1.08. The quantitative estimate of drug-likeness (QED) is 0.345. The van der Waals surface area contributed by atoms with Crippen LogP contribution in [0.2, 0.25) is 0 Å². The number of anilines is 1. The number of imide groups is 1. The number of ketones is 1. The van der Waals surface area contributed by atoms with E-state index in [-0.39, 0.29) is 30.2 Å². The Morgan fingerprint density at radius 2 is 1.66 bits per heavy atom. The average molecular weight is 438 g/mol. The first kappa shape index (κ1) is 22.7. The summed E-state index contributed by atoms with van der Waals surface area (Å²) in [4.78, 5) is 49.8. The van der Waals surface area contributed by atoms with E-state index in [1.807, 2.05) is 0 Å². The molecule has 9 nitrogen and oxygen atoms in total. The molecule has 0 fully saturated rings. The molecule has 3 rings (SSSR count). The molecule has 0 saturated heterocycles. The van der Waals surface area contributed by atoms with Crippen molar-refractivity contribution in [3.63, 3.8) is 0 Å². The topological polar surface area (TPSA) is 122 Å². The Bertz CT molecular complexity index is 1060. The maximum absolute atomic E-state index is 12.5. The molecule has 0 saturated carbocycles. The molecule has 166 valence electrons. The summed E-state index contributed by atoms with van der Waals surface area (Å²) in [6, 6.07) is 12.5. The molecule has 32 heavy (non-hydrogen) atoms. The van der Waals surface area contributed by atoms with Crippen molar-refractivity contribution in [2.24, 2.45) is 0 Å². The number of hydrogen-bond acceptors (Lipinski definition) is 8. The number of hydrogen-bond donors (Lipinski definition) is 2. The normalized spacial score (nSPS) is 14.1. The number of benzene rings is 2. The SMILES string of the molecule is COc1ccc(C(=O)C(C)OC(=O)c2ccc(NC3=CC(=O)N(CCO)C3=O)cc2)cc1. The molecule has 2 aromatic carbocycles. The van der Waals surface area contributed by atoms with Crippen LogP contribution in [0, 0.1) is 0 Å². The maximum Gasteiger partial charge on any atom is 0.338 e. The number of carbonyl (C=O) groups excluding carboxylic acids is 4. The fourth-order valence-corrected chi connectivity index (χ4v) is 3.03. The van der Waals surface area contributed by atoms with Crippen LogP contribution < -0.4 is 10.1 Å². The van der Waals surface area contributed by atoms with E-state index < -0.39 is 23.9 Å². The smallest absolute Gasteiger partial charge is 0.338 e. The van der Waals surface area contributed by atoms with Gasteiger partial charge in [-0.05, 0) is 55.5 Å². The number of amides is 2. The van der Waals surface area contributed by atoms with Crippen molar-refractivity contribution in [2.75, 3.05) is 25.6 Å². The Kier molecular flexibility index (Phi) is 7.01. The second kappa shape index (κ2) is 9.88. The van der Waals surface area contributed by atoms with Crippen molar-refractivity contribution >= 4 is 29.3 Å². The van der Waals surface area contributed by atoms with E-state index in [9.17, 15) is 19.2 Å². The Morgan fingerprint density at radius 1 is 1.03 bits per heavy atom. The first-order valence-electron chi connectivity index (χ1n) is 9.78. The van der Waals surface area contributed by atoms with Gasteiger partial charge in [-0.2, -0.15) is 0 Å². The zero-order chi connectivity index (χ0) is 23.3. The third-order valence-electron chi connectivity index (χ3n) is 4.76. The lowest BCUT2D eigenvalue weighted by molar-refractivity contribution is -0.137.